The average Bonchev–Trinajstić information content (AvgIpc) is 2.85. The van der Waals surface area contributed by atoms with Gasteiger partial charge in [0.25, 0.3) is 0 Å². The van der Waals surface area contributed by atoms with E-state index in [2.05, 4.69) is 35.9 Å². The molecule has 0 saturated carbocycles. The molecule has 7 heteroatoms. The molecule has 4 aromatic rings. The van der Waals surface area contributed by atoms with E-state index in [1.807, 2.05) is 6.07 Å². The number of aryl methyl sites for hydroxylation is 3. The molecule has 0 aromatic heterocycles. The molecular formula is C30H26F6O. The SMILES string of the molecule is CCCCCc1ccc(CCc2ccc3c(F)c(-c4cc(F)c(OC(F)(F)F)c(F)c4)ccc3c2)cc1. The molecule has 0 saturated heterocycles. The normalized spacial score (nSPS) is 11.8. The van der Waals surface area contributed by atoms with Gasteiger partial charge in [0.2, 0.25) is 5.75 Å². The summed E-state index contributed by atoms with van der Waals surface area (Å²) in [6, 6.07) is 18.1. The van der Waals surface area contributed by atoms with Gasteiger partial charge in [-0.2, -0.15) is 0 Å². The number of ether oxygens (including phenoxy) is 1. The zero-order chi connectivity index (χ0) is 26.6. The Hall–Kier alpha value is -3.48. The number of hydrogen-bond acceptors (Lipinski definition) is 1. The molecule has 0 atom stereocenters. The maximum absolute atomic E-state index is 15.3. The summed E-state index contributed by atoms with van der Waals surface area (Å²) in [6.07, 6.45) is 1.01. The number of halogens is 6. The minimum atomic E-state index is -5.26. The standard InChI is InChI=1S/C30H26F6O/c1-2-3-4-5-19-6-8-20(9-7-19)10-11-21-12-14-24-22(16-21)13-15-25(28(24)33)23-17-26(31)29(27(32)18-23)37-30(34,35)36/h6-9,12-18H,2-5,10-11H2,1H3. The summed E-state index contributed by atoms with van der Waals surface area (Å²) < 4.78 is 84.2. The molecule has 0 spiro atoms. The lowest BCUT2D eigenvalue weighted by Gasteiger charge is -2.13. The minimum absolute atomic E-state index is 0.129. The van der Waals surface area contributed by atoms with Gasteiger partial charge in [-0.15, -0.1) is 13.2 Å². The first-order chi connectivity index (χ1) is 17.6. The van der Waals surface area contributed by atoms with Crippen LogP contribution >= 0.6 is 0 Å². The van der Waals surface area contributed by atoms with Gasteiger partial charge < -0.3 is 4.74 Å². The van der Waals surface area contributed by atoms with Crippen molar-refractivity contribution < 1.29 is 31.1 Å². The monoisotopic (exact) mass is 516 g/mol. The molecule has 0 amide bonds. The third-order valence-electron chi connectivity index (χ3n) is 6.34. The van der Waals surface area contributed by atoms with E-state index in [9.17, 15) is 22.0 Å². The van der Waals surface area contributed by atoms with E-state index >= 15 is 4.39 Å². The lowest BCUT2D eigenvalue weighted by Crippen LogP contribution is -2.19. The fourth-order valence-corrected chi connectivity index (χ4v) is 4.39. The second kappa shape index (κ2) is 11.3. The minimum Gasteiger partial charge on any atom is -0.399 e. The summed E-state index contributed by atoms with van der Waals surface area (Å²) >= 11 is 0. The number of fused-ring (bicyclic) bond motifs is 1. The van der Waals surface area contributed by atoms with Crippen LogP contribution in [0, 0.1) is 17.5 Å². The van der Waals surface area contributed by atoms with E-state index in [1.165, 1.54) is 36.5 Å². The van der Waals surface area contributed by atoms with Crippen molar-refractivity contribution in [1.29, 1.82) is 0 Å². The highest BCUT2D eigenvalue weighted by molar-refractivity contribution is 5.89. The van der Waals surface area contributed by atoms with E-state index in [-0.39, 0.29) is 16.5 Å². The first kappa shape index (κ1) is 26.6. The van der Waals surface area contributed by atoms with Crippen molar-refractivity contribution in [2.24, 2.45) is 0 Å². The summed E-state index contributed by atoms with van der Waals surface area (Å²) in [5.41, 5.74) is 3.19. The fourth-order valence-electron chi connectivity index (χ4n) is 4.39. The molecule has 194 valence electrons. The molecule has 0 radical (unpaired) electrons. The van der Waals surface area contributed by atoms with Crippen molar-refractivity contribution in [3.8, 4) is 16.9 Å². The molecule has 0 aliphatic heterocycles. The smallest absolute Gasteiger partial charge is 0.399 e. The second-order valence-corrected chi connectivity index (χ2v) is 9.07. The van der Waals surface area contributed by atoms with Gasteiger partial charge in [-0.3, -0.25) is 0 Å². The van der Waals surface area contributed by atoms with Crippen molar-refractivity contribution in [1.82, 2.24) is 0 Å². The highest BCUT2D eigenvalue weighted by Crippen LogP contribution is 2.35. The zero-order valence-electron chi connectivity index (χ0n) is 20.3. The molecule has 0 aliphatic rings. The van der Waals surface area contributed by atoms with Gasteiger partial charge >= 0.3 is 6.36 Å². The van der Waals surface area contributed by atoms with Crippen LogP contribution in [0.1, 0.15) is 42.9 Å². The Morgan fingerprint density at radius 2 is 1.27 bits per heavy atom. The van der Waals surface area contributed by atoms with E-state index in [4.69, 9.17) is 0 Å². The Balaban J connectivity index is 1.50. The van der Waals surface area contributed by atoms with Crippen molar-refractivity contribution in [2.75, 3.05) is 0 Å². The Morgan fingerprint density at radius 3 is 1.89 bits per heavy atom. The topological polar surface area (TPSA) is 9.23 Å². The van der Waals surface area contributed by atoms with Crippen LogP contribution in [0.3, 0.4) is 0 Å². The molecule has 0 aliphatic carbocycles. The summed E-state index contributed by atoms with van der Waals surface area (Å²) in [5, 5.41) is 0.858. The zero-order valence-corrected chi connectivity index (χ0v) is 20.3. The van der Waals surface area contributed by atoms with Gasteiger partial charge in [0.1, 0.15) is 5.82 Å². The average molecular weight is 517 g/mol. The molecule has 37 heavy (non-hydrogen) atoms. The number of hydrogen-bond donors (Lipinski definition) is 0. The molecule has 0 fully saturated rings. The Kier molecular flexibility index (Phi) is 8.10. The summed E-state index contributed by atoms with van der Waals surface area (Å²) in [6.45, 7) is 2.18. The second-order valence-electron chi connectivity index (χ2n) is 9.07. The number of benzene rings is 4. The van der Waals surface area contributed by atoms with Crippen molar-refractivity contribution in [2.45, 2.75) is 51.8 Å². The van der Waals surface area contributed by atoms with Crippen molar-refractivity contribution in [3.63, 3.8) is 0 Å². The van der Waals surface area contributed by atoms with Gasteiger partial charge in [0.15, 0.2) is 11.6 Å². The van der Waals surface area contributed by atoms with E-state index in [1.54, 1.807) is 18.2 Å². The third-order valence-corrected chi connectivity index (χ3v) is 6.34. The van der Waals surface area contributed by atoms with Gasteiger partial charge in [-0.1, -0.05) is 74.4 Å². The number of unbranched alkanes of at least 4 members (excludes halogenated alkanes) is 2. The maximum Gasteiger partial charge on any atom is 0.573 e. The molecular weight excluding hydrogens is 490 g/mol. The fraction of sp³-hybridized carbons (Fsp3) is 0.267. The van der Waals surface area contributed by atoms with Crippen LogP contribution < -0.4 is 4.74 Å². The van der Waals surface area contributed by atoms with Gasteiger partial charge in [-0.05, 0) is 65.5 Å². The van der Waals surface area contributed by atoms with E-state index in [0.29, 0.717) is 17.5 Å². The number of alkyl halides is 3. The van der Waals surface area contributed by atoms with Gasteiger partial charge in [0.05, 0.1) is 0 Å². The van der Waals surface area contributed by atoms with Crippen LogP contribution in [0.4, 0.5) is 26.3 Å². The molecule has 4 rings (SSSR count). The maximum atomic E-state index is 15.3. The molecule has 0 unspecified atom stereocenters. The first-order valence-electron chi connectivity index (χ1n) is 12.2. The predicted octanol–water partition coefficient (Wildman–Crippen LogP) is 9.34. The van der Waals surface area contributed by atoms with Crippen LogP contribution in [0.25, 0.3) is 21.9 Å². The molecule has 0 bridgehead atoms. The van der Waals surface area contributed by atoms with Gasteiger partial charge in [0, 0.05) is 10.9 Å². The van der Waals surface area contributed by atoms with Crippen molar-refractivity contribution in [3.05, 3.63) is 101 Å². The lowest BCUT2D eigenvalue weighted by molar-refractivity contribution is -0.276. The van der Waals surface area contributed by atoms with Crippen LogP contribution in [-0.4, -0.2) is 6.36 Å². The summed E-state index contributed by atoms with van der Waals surface area (Å²) in [7, 11) is 0. The van der Waals surface area contributed by atoms with Crippen LogP contribution in [-0.2, 0) is 19.3 Å². The molecule has 4 aromatic carbocycles. The Morgan fingerprint density at radius 1 is 0.676 bits per heavy atom. The first-order valence-corrected chi connectivity index (χ1v) is 12.2. The largest absolute Gasteiger partial charge is 0.573 e. The van der Waals surface area contributed by atoms with Crippen LogP contribution in [0.15, 0.2) is 66.7 Å². The van der Waals surface area contributed by atoms with Crippen molar-refractivity contribution >= 4 is 10.8 Å². The van der Waals surface area contributed by atoms with E-state index < -0.39 is 29.6 Å². The predicted molar refractivity (Wildman–Crippen MR) is 133 cm³/mol. The number of rotatable bonds is 9. The van der Waals surface area contributed by atoms with Crippen LogP contribution in [0.2, 0.25) is 0 Å². The van der Waals surface area contributed by atoms with Gasteiger partial charge in [-0.25, -0.2) is 13.2 Å². The quantitative estimate of drug-likeness (QED) is 0.159. The highest BCUT2D eigenvalue weighted by atomic mass is 19.4. The highest BCUT2D eigenvalue weighted by Gasteiger charge is 2.34. The van der Waals surface area contributed by atoms with E-state index in [0.717, 1.165) is 24.8 Å². The summed E-state index contributed by atoms with van der Waals surface area (Å²) in [5.74, 6) is -5.44. The molecule has 1 nitrogen and oxygen atoms in total. The Bertz CT molecular complexity index is 1350. The summed E-state index contributed by atoms with van der Waals surface area (Å²) in [4.78, 5) is 0. The Labute approximate surface area is 211 Å². The third kappa shape index (κ3) is 6.64. The lowest BCUT2D eigenvalue weighted by atomic mass is 9.96. The van der Waals surface area contributed by atoms with Crippen LogP contribution in [0.5, 0.6) is 5.75 Å². The molecule has 0 N–H and O–H groups in total. The molecule has 0 heterocycles.